The molecule has 1 aromatic carbocycles. The third kappa shape index (κ3) is 3.61. The van der Waals surface area contributed by atoms with Gasteiger partial charge in [-0.1, -0.05) is 23.7 Å². The molecule has 0 radical (unpaired) electrons. The lowest BCUT2D eigenvalue weighted by molar-refractivity contribution is 0.0478. The Balaban J connectivity index is 2.01. The Kier molecular flexibility index (Phi) is 4.72. The molecule has 0 saturated carbocycles. The molecule has 2 rings (SSSR count). The van der Waals surface area contributed by atoms with Gasteiger partial charge in [0.1, 0.15) is 0 Å². The molecule has 94 valence electrons. The lowest BCUT2D eigenvalue weighted by Gasteiger charge is -2.19. The quantitative estimate of drug-likeness (QED) is 0.727. The lowest BCUT2D eigenvalue weighted by atomic mass is 9.94. The Hall–Kier alpha value is -0.240. The van der Waals surface area contributed by atoms with Gasteiger partial charge in [0.15, 0.2) is 0 Å². The summed E-state index contributed by atoms with van der Waals surface area (Å²) in [5.41, 5.74) is 1.22. The number of rotatable bonds is 4. The molecular weight excluding hydrogens is 255 g/mol. The number of halogens is 2. The molecule has 0 aromatic heterocycles. The highest BCUT2D eigenvalue weighted by Gasteiger charge is 2.25. The van der Waals surface area contributed by atoms with Crippen molar-refractivity contribution in [2.75, 3.05) is 5.88 Å². The maximum absolute atomic E-state index is 6.07. The largest absolute Gasteiger partial charge is 0.375 e. The van der Waals surface area contributed by atoms with E-state index in [-0.39, 0.29) is 0 Å². The predicted octanol–water partition coefficient (Wildman–Crippen LogP) is 4.62. The van der Waals surface area contributed by atoms with Crippen LogP contribution in [0.3, 0.4) is 0 Å². The second-order valence-corrected chi connectivity index (χ2v) is 5.53. The second-order valence-electron chi connectivity index (χ2n) is 4.79. The number of alkyl halides is 1. The second kappa shape index (κ2) is 6.08. The summed E-state index contributed by atoms with van der Waals surface area (Å²) in [5, 5.41) is 0.776. The zero-order chi connectivity index (χ0) is 12.3. The van der Waals surface area contributed by atoms with Gasteiger partial charge in [-0.3, -0.25) is 0 Å². The van der Waals surface area contributed by atoms with Crippen LogP contribution in [0.2, 0.25) is 5.02 Å². The van der Waals surface area contributed by atoms with Crippen molar-refractivity contribution in [1.29, 1.82) is 0 Å². The van der Waals surface area contributed by atoms with Crippen LogP contribution >= 0.6 is 23.2 Å². The average Bonchev–Trinajstić information content (AvgIpc) is 2.72. The zero-order valence-corrected chi connectivity index (χ0v) is 11.5. The molecule has 0 N–H and O–H groups in total. The number of hydrogen-bond donors (Lipinski definition) is 0. The van der Waals surface area contributed by atoms with Crippen LogP contribution in [0.5, 0.6) is 0 Å². The van der Waals surface area contributed by atoms with Crippen molar-refractivity contribution in [3.05, 3.63) is 34.9 Å². The smallest absolute Gasteiger partial charge is 0.0586 e. The minimum Gasteiger partial charge on any atom is -0.375 e. The van der Waals surface area contributed by atoms with Gasteiger partial charge >= 0.3 is 0 Å². The molecule has 1 saturated heterocycles. The summed E-state index contributed by atoms with van der Waals surface area (Å²) in [6.45, 7) is 2.13. The first-order valence-corrected chi connectivity index (χ1v) is 7.07. The van der Waals surface area contributed by atoms with Crippen LogP contribution in [0.4, 0.5) is 0 Å². The van der Waals surface area contributed by atoms with Gasteiger partial charge < -0.3 is 4.74 Å². The van der Waals surface area contributed by atoms with E-state index in [9.17, 15) is 0 Å². The van der Waals surface area contributed by atoms with Crippen LogP contribution in [0.25, 0.3) is 0 Å². The van der Waals surface area contributed by atoms with E-state index in [1.165, 1.54) is 5.56 Å². The van der Waals surface area contributed by atoms with Crippen molar-refractivity contribution in [3.8, 4) is 0 Å². The highest BCUT2D eigenvalue weighted by atomic mass is 35.5. The standard InChI is InChI=1S/C14H18Cl2O/c1-10-5-6-14(17-10)8-12(9-15)11-3-2-4-13(16)7-11/h2-4,7,10,12,14H,5-6,8-9H2,1H3. The number of ether oxygens (including phenoxy) is 1. The maximum Gasteiger partial charge on any atom is 0.0586 e. The highest BCUT2D eigenvalue weighted by molar-refractivity contribution is 6.30. The molecule has 1 aliphatic rings. The van der Waals surface area contributed by atoms with Gasteiger partial charge in [0.05, 0.1) is 12.2 Å². The fourth-order valence-corrected chi connectivity index (χ4v) is 2.93. The Morgan fingerprint density at radius 3 is 2.82 bits per heavy atom. The van der Waals surface area contributed by atoms with Crippen molar-refractivity contribution in [3.63, 3.8) is 0 Å². The number of benzene rings is 1. The molecule has 3 unspecified atom stereocenters. The molecule has 0 spiro atoms. The van der Waals surface area contributed by atoms with Gasteiger partial charge in [-0.15, -0.1) is 11.6 Å². The fraction of sp³-hybridized carbons (Fsp3) is 0.571. The molecule has 0 bridgehead atoms. The molecule has 3 atom stereocenters. The van der Waals surface area contributed by atoms with Crippen LogP contribution in [0, 0.1) is 0 Å². The monoisotopic (exact) mass is 272 g/mol. The van der Waals surface area contributed by atoms with E-state index in [1.54, 1.807) is 0 Å². The van der Waals surface area contributed by atoms with Crippen LogP contribution < -0.4 is 0 Å². The zero-order valence-electron chi connectivity index (χ0n) is 10.0. The minimum atomic E-state index is 0.339. The molecule has 0 amide bonds. The van der Waals surface area contributed by atoms with Crippen molar-refractivity contribution >= 4 is 23.2 Å². The summed E-state index contributed by atoms with van der Waals surface area (Å²) < 4.78 is 5.85. The Labute approximate surface area is 113 Å². The summed E-state index contributed by atoms with van der Waals surface area (Å²) in [4.78, 5) is 0. The Morgan fingerprint density at radius 1 is 1.41 bits per heavy atom. The molecule has 1 fully saturated rings. The lowest BCUT2D eigenvalue weighted by Crippen LogP contribution is -2.14. The minimum absolute atomic E-state index is 0.339. The summed E-state index contributed by atoms with van der Waals surface area (Å²) in [7, 11) is 0. The third-order valence-electron chi connectivity index (χ3n) is 3.37. The van der Waals surface area contributed by atoms with E-state index >= 15 is 0 Å². The molecule has 1 heterocycles. The van der Waals surface area contributed by atoms with Gasteiger partial charge in [0.2, 0.25) is 0 Å². The van der Waals surface area contributed by atoms with Crippen LogP contribution in [-0.4, -0.2) is 18.1 Å². The molecule has 17 heavy (non-hydrogen) atoms. The summed E-state index contributed by atoms with van der Waals surface area (Å²) in [6.07, 6.45) is 4.06. The first-order valence-electron chi connectivity index (χ1n) is 6.16. The van der Waals surface area contributed by atoms with Crippen molar-refractivity contribution in [1.82, 2.24) is 0 Å². The van der Waals surface area contributed by atoms with E-state index in [0.717, 1.165) is 24.3 Å². The first-order chi connectivity index (χ1) is 8.19. The van der Waals surface area contributed by atoms with E-state index in [4.69, 9.17) is 27.9 Å². The van der Waals surface area contributed by atoms with Crippen LogP contribution in [0.1, 0.15) is 37.7 Å². The summed E-state index contributed by atoms with van der Waals surface area (Å²) >= 11 is 12.1. The predicted molar refractivity (Wildman–Crippen MR) is 73.1 cm³/mol. The van der Waals surface area contributed by atoms with Crippen LogP contribution in [-0.2, 0) is 4.74 Å². The van der Waals surface area contributed by atoms with E-state index in [1.807, 2.05) is 18.2 Å². The third-order valence-corrected chi connectivity index (χ3v) is 3.98. The van der Waals surface area contributed by atoms with Crippen molar-refractivity contribution < 1.29 is 4.74 Å². The molecule has 0 aliphatic carbocycles. The summed E-state index contributed by atoms with van der Waals surface area (Å²) in [6, 6.07) is 7.98. The van der Waals surface area contributed by atoms with Gasteiger partial charge in [0.25, 0.3) is 0 Å². The SMILES string of the molecule is CC1CCC(CC(CCl)c2cccc(Cl)c2)O1. The van der Waals surface area contributed by atoms with E-state index < -0.39 is 0 Å². The Bertz CT molecular complexity index is 367. The highest BCUT2D eigenvalue weighted by Crippen LogP contribution is 2.31. The van der Waals surface area contributed by atoms with E-state index in [0.29, 0.717) is 24.0 Å². The Morgan fingerprint density at radius 2 is 2.24 bits per heavy atom. The molecule has 1 aromatic rings. The molecule has 1 nitrogen and oxygen atoms in total. The van der Waals surface area contributed by atoms with Gasteiger partial charge in [-0.2, -0.15) is 0 Å². The number of hydrogen-bond acceptors (Lipinski definition) is 1. The fourth-order valence-electron chi connectivity index (χ4n) is 2.42. The van der Waals surface area contributed by atoms with Crippen molar-refractivity contribution in [2.24, 2.45) is 0 Å². The first kappa shape index (κ1) is 13.2. The maximum atomic E-state index is 6.07. The summed E-state index contributed by atoms with van der Waals surface area (Å²) in [5.74, 6) is 0.958. The van der Waals surface area contributed by atoms with Gasteiger partial charge in [-0.05, 0) is 49.8 Å². The molecule has 1 aliphatic heterocycles. The molecule has 3 heteroatoms. The van der Waals surface area contributed by atoms with Crippen LogP contribution in [0.15, 0.2) is 24.3 Å². The van der Waals surface area contributed by atoms with Crippen molar-refractivity contribution in [2.45, 2.75) is 44.3 Å². The van der Waals surface area contributed by atoms with E-state index in [2.05, 4.69) is 13.0 Å². The average molecular weight is 273 g/mol. The van der Waals surface area contributed by atoms with Gasteiger partial charge in [0, 0.05) is 10.9 Å². The van der Waals surface area contributed by atoms with Gasteiger partial charge in [-0.25, -0.2) is 0 Å². The topological polar surface area (TPSA) is 9.23 Å². The molecular formula is C14H18Cl2O. The normalized spacial score (nSPS) is 26.1.